The predicted molar refractivity (Wildman–Crippen MR) is 123 cm³/mol. The summed E-state index contributed by atoms with van der Waals surface area (Å²) in [5.74, 6) is 0.355. The third-order valence-electron chi connectivity index (χ3n) is 3.52. The van der Waals surface area contributed by atoms with Gasteiger partial charge < -0.3 is 15.4 Å². The molecule has 0 aliphatic heterocycles. The number of rotatable bonds is 10. The molecule has 1 atom stereocenters. The van der Waals surface area contributed by atoms with Gasteiger partial charge in [0, 0.05) is 12.1 Å². The van der Waals surface area contributed by atoms with Crippen LogP contribution in [-0.4, -0.2) is 51.9 Å². The Morgan fingerprint density at radius 1 is 1.25 bits per heavy atom. The molecule has 0 heterocycles. The maximum absolute atomic E-state index is 13.8. The van der Waals surface area contributed by atoms with E-state index in [9.17, 15) is 12.8 Å². The van der Waals surface area contributed by atoms with Crippen LogP contribution in [0.15, 0.2) is 29.3 Å². The van der Waals surface area contributed by atoms with E-state index in [1.165, 1.54) is 6.07 Å². The number of hydrogen-bond acceptors (Lipinski definition) is 4. The third kappa shape index (κ3) is 11.0. The Labute approximate surface area is 185 Å². The highest BCUT2D eigenvalue weighted by molar-refractivity contribution is 14.0. The molecule has 10 heteroatoms. The van der Waals surface area contributed by atoms with Gasteiger partial charge in [0.15, 0.2) is 17.5 Å². The molecule has 0 fully saturated rings. The minimum Gasteiger partial charge on any atom is -0.486 e. The highest BCUT2D eigenvalue weighted by Crippen LogP contribution is 2.17. The van der Waals surface area contributed by atoms with Crippen LogP contribution in [0.25, 0.3) is 0 Å². The summed E-state index contributed by atoms with van der Waals surface area (Å²) in [5.41, 5.74) is -0.718. The topological polar surface area (TPSA) is 91.8 Å². The Bertz CT molecular complexity index is 729. The average molecular weight is 530 g/mol. The van der Waals surface area contributed by atoms with E-state index in [0.717, 1.165) is 6.26 Å². The molecule has 1 unspecified atom stereocenters. The first kappa shape index (κ1) is 26.9. The van der Waals surface area contributed by atoms with Crippen molar-refractivity contribution in [3.63, 3.8) is 0 Å². The fourth-order valence-corrected chi connectivity index (χ4v) is 3.42. The van der Waals surface area contributed by atoms with E-state index in [1.54, 1.807) is 32.0 Å². The Kier molecular flexibility index (Phi) is 11.9. The second-order valence-electron chi connectivity index (χ2n) is 6.91. The van der Waals surface area contributed by atoms with Gasteiger partial charge in [0.1, 0.15) is 6.10 Å². The van der Waals surface area contributed by atoms with E-state index in [4.69, 9.17) is 4.74 Å². The number of aliphatic imine (C=N–C) groups is 1. The first-order valence-electron chi connectivity index (χ1n) is 8.98. The number of benzene rings is 1. The lowest BCUT2D eigenvalue weighted by molar-refractivity contribution is 0.191. The molecule has 0 aliphatic carbocycles. The van der Waals surface area contributed by atoms with Gasteiger partial charge in [-0.15, -0.1) is 24.0 Å². The number of sulfonamides is 1. The molecule has 0 saturated carbocycles. The minimum absolute atomic E-state index is 0. The largest absolute Gasteiger partial charge is 0.486 e. The minimum atomic E-state index is -3.33. The van der Waals surface area contributed by atoms with Gasteiger partial charge in [0.2, 0.25) is 10.0 Å². The SMILES string of the molecule is CCNC(=NCC(C)(C)NS(C)(=O)=O)NCC(CC)Oc1ccccc1F.I. The number of para-hydroxylation sites is 1. The van der Waals surface area contributed by atoms with E-state index >= 15 is 0 Å². The molecular formula is C18H32FIN4O3S. The first-order chi connectivity index (χ1) is 12.6. The molecule has 0 amide bonds. The van der Waals surface area contributed by atoms with Gasteiger partial charge in [-0.3, -0.25) is 4.99 Å². The summed E-state index contributed by atoms with van der Waals surface area (Å²) >= 11 is 0. The second-order valence-corrected chi connectivity index (χ2v) is 8.66. The fraction of sp³-hybridized carbons (Fsp3) is 0.611. The monoisotopic (exact) mass is 530 g/mol. The molecule has 28 heavy (non-hydrogen) atoms. The summed E-state index contributed by atoms with van der Waals surface area (Å²) < 4.78 is 44.9. The molecule has 0 saturated heterocycles. The quantitative estimate of drug-likeness (QED) is 0.246. The summed E-state index contributed by atoms with van der Waals surface area (Å²) in [6, 6.07) is 6.29. The second kappa shape index (κ2) is 12.4. The van der Waals surface area contributed by atoms with Crippen LogP contribution in [0.1, 0.15) is 34.1 Å². The molecule has 1 rings (SSSR count). The Balaban J connectivity index is 0.00000729. The summed E-state index contributed by atoms with van der Waals surface area (Å²) in [6.45, 7) is 8.74. The molecular weight excluding hydrogens is 498 g/mol. The average Bonchev–Trinajstić information content (AvgIpc) is 2.55. The zero-order valence-corrected chi connectivity index (χ0v) is 20.2. The van der Waals surface area contributed by atoms with Crippen molar-refractivity contribution in [3.05, 3.63) is 30.1 Å². The van der Waals surface area contributed by atoms with E-state index in [0.29, 0.717) is 25.5 Å². The van der Waals surface area contributed by atoms with Crippen LogP contribution < -0.4 is 20.1 Å². The van der Waals surface area contributed by atoms with Gasteiger partial charge in [0.25, 0.3) is 0 Å². The van der Waals surface area contributed by atoms with Crippen LogP contribution in [0.4, 0.5) is 4.39 Å². The zero-order valence-electron chi connectivity index (χ0n) is 17.1. The number of nitrogens with zero attached hydrogens (tertiary/aromatic N) is 1. The lowest BCUT2D eigenvalue weighted by Crippen LogP contribution is -2.47. The lowest BCUT2D eigenvalue weighted by Gasteiger charge is -2.24. The van der Waals surface area contributed by atoms with Crippen molar-refractivity contribution in [2.75, 3.05) is 25.9 Å². The van der Waals surface area contributed by atoms with Crippen LogP contribution in [0, 0.1) is 5.82 Å². The lowest BCUT2D eigenvalue weighted by atomic mass is 10.1. The molecule has 0 bridgehead atoms. The molecule has 162 valence electrons. The van der Waals surface area contributed by atoms with Gasteiger partial charge in [-0.25, -0.2) is 17.5 Å². The smallest absolute Gasteiger partial charge is 0.209 e. The van der Waals surface area contributed by atoms with Crippen molar-refractivity contribution in [3.8, 4) is 5.75 Å². The van der Waals surface area contributed by atoms with E-state index in [2.05, 4.69) is 20.3 Å². The van der Waals surface area contributed by atoms with E-state index < -0.39 is 21.4 Å². The summed E-state index contributed by atoms with van der Waals surface area (Å²) in [6.07, 6.45) is 1.56. The van der Waals surface area contributed by atoms with Crippen LogP contribution in [0.5, 0.6) is 5.75 Å². The van der Waals surface area contributed by atoms with Crippen LogP contribution in [0.2, 0.25) is 0 Å². The van der Waals surface area contributed by atoms with E-state index in [-0.39, 0.29) is 42.4 Å². The van der Waals surface area contributed by atoms with Gasteiger partial charge in [-0.2, -0.15) is 0 Å². The predicted octanol–water partition coefficient (Wildman–Crippen LogP) is 2.48. The molecule has 3 N–H and O–H groups in total. The van der Waals surface area contributed by atoms with Crippen molar-refractivity contribution < 1.29 is 17.5 Å². The van der Waals surface area contributed by atoms with Crippen molar-refractivity contribution in [1.82, 2.24) is 15.4 Å². The maximum atomic E-state index is 13.8. The standard InChI is InChI=1S/C18H31FN4O3S.HI/c1-6-14(26-16-11-9-8-10-15(16)19)12-21-17(20-7-2)22-13-18(3,4)23-27(5,24)25;/h8-11,14,23H,6-7,12-13H2,1-5H3,(H2,20,21,22);1H. The third-order valence-corrected chi connectivity index (χ3v) is 4.44. The number of ether oxygens (including phenoxy) is 1. The zero-order chi connectivity index (χ0) is 20.5. The first-order valence-corrected chi connectivity index (χ1v) is 10.9. The fourth-order valence-electron chi connectivity index (χ4n) is 2.35. The number of nitrogens with one attached hydrogen (secondary N) is 3. The molecule has 0 spiro atoms. The number of guanidine groups is 1. The van der Waals surface area contributed by atoms with Crippen molar-refractivity contribution in [1.29, 1.82) is 0 Å². The highest BCUT2D eigenvalue weighted by atomic mass is 127. The Morgan fingerprint density at radius 3 is 2.43 bits per heavy atom. The van der Waals surface area contributed by atoms with Gasteiger partial charge in [0.05, 0.1) is 19.3 Å². The molecule has 0 radical (unpaired) electrons. The number of hydrogen-bond donors (Lipinski definition) is 3. The van der Waals surface area contributed by atoms with Crippen molar-refractivity contribution in [2.45, 2.75) is 45.8 Å². The maximum Gasteiger partial charge on any atom is 0.209 e. The Morgan fingerprint density at radius 2 is 1.89 bits per heavy atom. The van der Waals surface area contributed by atoms with Gasteiger partial charge >= 0.3 is 0 Å². The highest BCUT2D eigenvalue weighted by Gasteiger charge is 2.22. The summed E-state index contributed by atoms with van der Waals surface area (Å²) in [4.78, 5) is 4.44. The van der Waals surface area contributed by atoms with Crippen molar-refractivity contribution >= 4 is 40.0 Å². The normalized spacial score (nSPS) is 13.4. The van der Waals surface area contributed by atoms with Crippen LogP contribution in [-0.2, 0) is 10.0 Å². The Hall–Kier alpha value is -1.14. The summed E-state index contributed by atoms with van der Waals surface area (Å²) in [5, 5.41) is 6.27. The van der Waals surface area contributed by atoms with Gasteiger partial charge in [-0.1, -0.05) is 19.1 Å². The number of halogens is 2. The van der Waals surface area contributed by atoms with Gasteiger partial charge in [-0.05, 0) is 39.3 Å². The van der Waals surface area contributed by atoms with E-state index in [1.807, 2.05) is 13.8 Å². The van der Waals surface area contributed by atoms with Crippen molar-refractivity contribution in [2.24, 2.45) is 4.99 Å². The van der Waals surface area contributed by atoms with Crippen LogP contribution in [0.3, 0.4) is 0 Å². The summed E-state index contributed by atoms with van der Waals surface area (Å²) in [7, 11) is -3.33. The molecule has 0 aliphatic rings. The molecule has 1 aromatic rings. The molecule has 1 aromatic carbocycles. The molecule has 0 aromatic heterocycles. The molecule has 7 nitrogen and oxygen atoms in total. The van der Waals surface area contributed by atoms with Crippen LogP contribution >= 0.6 is 24.0 Å².